The molecule has 1 aliphatic carbocycles. The highest BCUT2D eigenvalue weighted by Gasteiger charge is 2.33. The molecule has 0 saturated heterocycles. The molecule has 2 heterocycles. The monoisotopic (exact) mass is 494 g/mol. The summed E-state index contributed by atoms with van der Waals surface area (Å²) in [6.07, 6.45) is 7.46. The third kappa shape index (κ3) is 5.83. The van der Waals surface area contributed by atoms with E-state index in [2.05, 4.69) is 52.2 Å². The van der Waals surface area contributed by atoms with Crippen LogP contribution in [0.4, 0.5) is 0 Å². The molecule has 9 heteroatoms. The van der Waals surface area contributed by atoms with Crippen LogP contribution in [0.3, 0.4) is 0 Å². The highest BCUT2D eigenvalue weighted by Crippen LogP contribution is 2.33. The fourth-order valence-corrected chi connectivity index (χ4v) is 5.35. The molecule has 0 unspecified atom stereocenters. The zero-order chi connectivity index (χ0) is 25.7. The lowest BCUT2D eigenvalue weighted by Crippen LogP contribution is -2.41. The van der Waals surface area contributed by atoms with Crippen LogP contribution in [0.2, 0.25) is 0 Å². The first-order chi connectivity index (χ1) is 17.4. The van der Waals surface area contributed by atoms with Crippen molar-refractivity contribution < 1.29 is 9.53 Å². The van der Waals surface area contributed by atoms with E-state index < -0.39 is 0 Å². The molecule has 0 spiro atoms. The standard InChI is InChI=1S/C27H38N6O3/c1-5-10-24(26-29-30-31-33(26)17-25(34)36-6-2)32(22-11-8-7-9-12-22)16-21-15-20-13-18(3)19(4)14-23(20)28-27(21)35/h13-15,22,24H,5-12,16-17H2,1-4H3,(H,28,35)/t24-/m0/s1. The Labute approximate surface area is 212 Å². The van der Waals surface area contributed by atoms with Crippen molar-refractivity contribution in [2.24, 2.45) is 0 Å². The smallest absolute Gasteiger partial charge is 0.327 e. The van der Waals surface area contributed by atoms with Gasteiger partial charge >= 0.3 is 5.97 Å². The maximum atomic E-state index is 13.2. The summed E-state index contributed by atoms with van der Waals surface area (Å²) in [7, 11) is 0. The summed E-state index contributed by atoms with van der Waals surface area (Å²) >= 11 is 0. The minimum Gasteiger partial charge on any atom is -0.465 e. The highest BCUT2D eigenvalue weighted by molar-refractivity contribution is 5.80. The summed E-state index contributed by atoms with van der Waals surface area (Å²) in [5, 5.41) is 13.4. The van der Waals surface area contributed by atoms with Crippen molar-refractivity contribution in [1.29, 1.82) is 0 Å². The van der Waals surface area contributed by atoms with Crippen LogP contribution in [0.1, 0.15) is 87.3 Å². The second-order valence-electron chi connectivity index (χ2n) is 9.92. The number of aromatic nitrogens is 5. The maximum Gasteiger partial charge on any atom is 0.327 e. The first-order valence-electron chi connectivity index (χ1n) is 13.2. The Kier molecular flexibility index (Phi) is 8.51. The van der Waals surface area contributed by atoms with Crippen LogP contribution in [-0.2, 0) is 22.6 Å². The zero-order valence-electron chi connectivity index (χ0n) is 21.9. The van der Waals surface area contributed by atoms with Crippen molar-refractivity contribution in [3.05, 3.63) is 51.1 Å². The Morgan fingerprint density at radius 1 is 1.17 bits per heavy atom. The highest BCUT2D eigenvalue weighted by atomic mass is 16.5. The number of hydrogen-bond donors (Lipinski definition) is 1. The van der Waals surface area contributed by atoms with E-state index in [-0.39, 0.29) is 24.1 Å². The van der Waals surface area contributed by atoms with Gasteiger partial charge in [0.1, 0.15) is 6.54 Å². The zero-order valence-corrected chi connectivity index (χ0v) is 21.9. The summed E-state index contributed by atoms with van der Waals surface area (Å²) in [5.41, 5.74) is 3.90. The van der Waals surface area contributed by atoms with Gasteiger partial charge in [-0.25, -0.2) is 4.68 Å². The summed E-state index contributed by atoms with van der Waals surface area (Å²) in [6, 6.07) is 6.41. The number of aromatic amines is 1. The van der Waals surface area contributed by atoms with Gasteiger partial charge in [-0.3, -0.25) is 14.5 Å². The number of carbonyl (C=O) groups is 1. The number of tetrazole rings is 1. The van der Waals surface area contributed by atoms with Crippen molar-refractivity contribution in [3.63, 3.8) is 0 Å². The van der Waals surface area contributed by atoms with Crippen molar-refractivity contribution in [1.82, 2.24) is 30.1 Å². The van der Waals surface area contributed by atoms with Crippen molar-refractivity contribution in [2.75, 3.05) is 6.61 Å². The molecule has 9 nitrogen and oxygen atoms in total. The number of aryl methyl sites for hydroxylation is 2. The fourth-order valence-electron chi connectivity index (χ4n) is 5.35. The SMILES string of the molecule is CCC[C@@H](c1nnnn1CC(=O)OCC)N(Cc1cc2cc(C)c(C)cc2[nH]c1=O)C1CCCCC1. The third-order valence-corrected chi connectivity index (χ3v) is 7.34. The van der Waals surface area contributed by atoms with E-state index in [1.54, 1.807) is 11.6 Å². The molecule has 0 amide bonds. The minimum absolute atomic E-state index is 0.0237. The number of carbonyl (C=O) groups excluding carboxylic acids is 1. The number of H-pyrrole nitrogens is 1. The maximum absolute atomic E-state index is 13.2. The normalized spacial score (nSPS) is 15.5. The molecule has 1 saturated carbocycles. The first-order valence-corrected chi connectivity index (χ1v) is 13.2. The predicted molar refractivity (Wildman–Crippen MR) is 139 cm³/mol. The van der Waals surface area contributed by atoms with E-state index in [0.29, 0.717) is 25.0 Å². The Bertz CT molecular complexity index is 1240. The Balaban J connectivity index is 1.73. The number of esters is 1. The third-order valence-electron chi connectivity index (χ3n) is 7.34. The molecule has 194 valence electrons. The quantitative estimate of drug-likeness (QED) is 0.417. The summed E-state index contributed by atoms with van der Waals surface area (Å²) in [6.45, 7) is 8.86. The lowest BCUT2D eigenvalue weighted by Gasteiger charge is -2.39. The van der Waals surface area contributed by atoms with Gasteiger partial charge in [0.15, 0.2) is 5.82 Å². The molecule has 36 heavy (non-hydrogen) atoms. The molecular weight excluding hydrogens is 456 g/mol. The molecule has 0 radical (unpaired) electrons. The van der Waals surface area contributed by atoms with Crippen LogP contribution in [0.25, 0.3) is 10.9 Å². The van der Waals surface area contributed by atoms with E-state index in [1.807, 2.05) is 12.1 Å². The number of benzene rings is 1. The van der Waals surface area contributed by atoms with E-state index in [1.165, 1.54) is 24.8 Å². The second kappa shape index (κ2) is 11.8. The lowest BCUT2D eigenvalue weighted by molar-refractivity contribution is -0.144. The number of hydrogen-bond acceptors (Lipinski definition) is 7. The number of pyridine rings is 1. The van der Waals surface area contributed by atoms with E-state index in [9.17, 15) is 9.59 Å². The van der Waals surface area contributed by atoms with Crippen molar-refractivity contribution in [3.8, 4) is 0 Å². The number of nitrogens with one attached hydrogen (secondary N) is 1. The number of fused-ring (bicyclic) bond motifs is 1. The molecule has 1 fully saturated rings. The van der Waals surface area contributed by atoms with E-state index in [0.717, 1.165) is 47.7 Å². The molecule has 1 atom stereocenters. The first kappa shape index (κ1) is 26.0. The largest absolute Gasteiger partial charge is 0.465 e. The average Bonchev–Trinajstić information content (AvgIpc) is 3.31. The van der Waals surface area contributed by atoms with Gasteiger partial charge in [-0.2, -0.15) is 0 Å². The van der Waals surface area contributed by atoms with Gasteiger partial charge in [0.25, 0.3) is 5.56 Å². The van der Waals surface area contributed by atoms with Gasteiger partial charge in [-0.05, 0) is 85.2 Å². The van der Waals surface area contributed by atoms with Gasteiger partial charge < -0.3 is 9.72 Å². The van der Waals surface area contributed by atoms with Gasteiger partial charge in [0, 0.05) is 23.7 Å². The average molecular weight is 495 g/mol. The summed E-state index contributed by atoms with van der Waals surface area (Å²) in [4.78, 5) is 31.0. The van der Waals surface area contributed by atoms with Crippen LogP contribution in [0, 0.1) is 13.8 Å². The predicted octanol–water partition coefficient (Wildman–Crippen LogP) is 4.37. The second-order valence-corrected chi connectivity index (χ2v) is 9.92. The summed E-state index contributed by atoms with van der Waals surface area (Å²) < 4.78 is 6.70. The molecule has 1 N–H and O–H groups in total. The number of nitrogens with zero attached hydrogens (tertiary/aromatic N) is 5. The molecule has 3 aromatic rings. The lowest BCUT2D eigenvalue weighted by atomic mass is 9.91. The van der Waals surface area contributed by atoms with Gasteiger partial charge in [0.2, 0.25) is 0 Å². The van der Waals surface area contributed by atoms with Crippen LogP contribution in [-0.4, -0.2) is 48.7 Å². The molecule has 0 bridgehead atoms. The number of rotatable bonds is 10. The Morgan fingerprint density at radius 3 is 2.64 bits per heavy atom. The van der Waals surface area contributed by atoms with Gasteiger partial charge in [-0.1, -0.05) is 32.6 Å². The molecule has 0 aliphatic heterocycles. The van der Waals surface area contributed by atoms with Gasteiger partial charge in [-0.15, -0.1) is 5.10 Å². The van der Waals surface area contributed by atoms with Crippen LogP contribution >= 0.6 is 0 Å². The molecular formula is C27H38N6O3. The van der Waals surface area contributed by atoms with Gasteiger partial charge in [0.05, 0.1) is 12.6 Å². The van der Waals surface area contributed by atoms with Crippen LogP contribution in [0.5, 0.6) is 0 Å². The Hall–Kier alpha value is -3.07. The number of ether oxygens (including phenoxy) is 1. The molecule has 2 aromatic heterocycles. The van der Waals surface area contributed by atoms with E-state index >= 15 is 0 Å². The van der Waals surface area contributed by atoms with Crippen molar-refractivity contribution >= 4 is 16.9 Å². The van der Waals surface area contributed by atoms with E-state index in [4.69, 9.17) is 4.74 Å². The molecule has 1 aromatic carbocycles. The van der Waals surface area contributed by atoms with Crippen LogP contribution in [0.15, 0.2) is 23.0 Å². The minimum atomic E-state index is -0.359. The fraction of sp³-hybridized carbons (Fsp3) is 0.593. The molecule has 1 aliphatic rings. The molecule has 4 rings (SSSR count). The Morgan fingerprint density at radius 2 is 1.92 bits per heavy atom. The topological polar surface area (TPSA) is 106 Å². The van der Waals surface area contributed by atoms with Crippen LogP contribution < -0.4 is 5.56 Å². The van der Waals surface area contributed by atoms with Crippen molar-refractivity contribution in [2.45, 2.75) is 97.8 Å². The summed E-state index contributed by atoms with van der Waals surface area (Å²) in [5.74, 6) is 0.293.